The molecule has 0 atom stereocenters. The third kappa shape index (κ3) is 6.91. The van der Waals surface area contributed by atoms with Gasteiger partial charge in [-0.2, -0.15) is 13.2 Å². The molecule has 0 unspecified atom stereocenters. The van der Waals surface area contributed by atoms with E-state index in [4.69, 9.17) is 18.6 Å². The lowest BCUT2D eigenvalue weighted by Crippen LogP contribution is -2.20. The molecule has 37 heavy (non-hydrogen) atoms. The number of urea groups is 1. The third-order valence-corrected chi connectivity index (χ3v) is 4.64. The molecule has 0 saturated heterocycles. The van der Waals surface area contributed by atoms with Crippen molar-refractivity contribution in [1.29, 1.82) is 0 Å². The third-order valence-electron chi connectivity index (χ3n) is 4.64. The van der Waals surface area contributed by atoms with E-state index in [0.29, 0.717) is 17.1 Å². The Hall–Kier alpha value is -4.72. The SMILES string of the molecule is COCCOc1ccc(NC(=O)Nc2ccc(Oc3cc(-c4nnco4)ncn3)cc2)cc1C(F)(F)F. The van der Waals surface area contributed by atoms with Crippen molar-refractivity contribution in [2.24, 2.45) is 0 Å². The topological polar surface area (TPSA) is 134 Å². The van der Waals surface area contributed by atoms with E-state index in [-0.39, 0.29) is 36.4 Å². The van der Waals surface area contributed by atoms with Crippen molar-refractivity contribution >= 4 is 17.4 Å². The van der Waals surface area contributed by atoms with Crippen LogP contribution < -0.4 is 20.1 Å². The number of methoxy groups -OCH3 is 1. The number of alkyl halides is 3. The molecule has 0 bridgehead atoms. The molecule has 0 aliphatic carbocycles. The quantitative estimate of drug-likeness (QED) is 0.295. The number of anilines is 2. The summed E-state index contributed by atoms with van der Waals surface area (Å²) in [6.07, 6.45) is -2.23. The molecular formula is C23H19F3N6O5. The van der Waals surface area contributed by atoms with E-state index in [2.05, 4.69) is 30.8 Å². The summed E-state index contributed by atoms with van der Waals surface area (Å²) in [6, 6.07) is 10.2. The Labute approximate surface area is 207 Å². The first-order valence-electron chi connectivity index (χ1n) is 10.6. The Morgan fingerprint density at radius 2 is 1.76 bits per heavy atom. The standard InChI is InChI=1S/C23H19F3N6O5/c1-34-8-9-35-19-7-4-15(10-17(19)23(24,25)26)31-22(33)30-14-2-5-16(6-3-14)37-20-11-18(27-12-28-20)21-32-29-13-36-21/h2-7,10-13H,8-9H2,1H3,(H2,30,31,33). The highest BCUT2D eigenvalue weighted by Gasteiger charge is 2.35. The number of aromatic nitrogens is 4. The largest absolute Gasteiger partial charge is 0.491 e. The number of rotatable bonds is 9. The number of benzene rings is 2. The number of hydrogen-bond donors (Lipinski definition) is 2. The van der Waals surface area contributed by atoms with Gasteiger partial charge in [0.2, 0.25) is 12.3 Å². The van der Waals surface area contributed by atoms with Gasteiger partial charge in [-0.3, -0.25) is 0 Å². The summed E-state index contributed by atoms with van der Waals surface area (Å²) in [4.78, 5) is 20.4. The molecule has 0 radical (unpaired) electrons. The van der Waals surface area contributed by atoms with Gasteiger partial charge in [-0.05, 0) is 42.5 Å². The average molecular weight is 516 g/mol. The molecule has 2 aromatic heterocycles. The first-order valence-corrected chi connectivity index (χ1v) is 10.6. The van der Waals surface area contributed by atoms with Gasteiger partial charge in [-0.25, -0.2) is 14.8 Å². The van der Waals surface area contributed by atoms with Crippen molar-refractivity contribution in [2.75, 3.05) is 31.0 Å². The van der Waals surface area contributed by atoms with Gasteiger partial charge in [-0.1, -0.05) is 0 Å². The molecule has 4 aromatic rings. The van der Waals surface area contributed by atoms with E-state index < -0.39 is 17.8 Å². The summed E-state index contributed by atoms with van der Waals surface area (Å²) in [5.41, 5.74) is -0.338. The van der Waals surface area contributed by atoms with Crippen LogP contribution in [0.1, 0.15) is 5.56 Å². The Bertz CT molecular complexity index is 1330. The molecule has 4 rings (SSSR count). The molecule has 2 amide bonds. The van der Waals surface area contributed by atoms with Crippen LogP contribution in [-0.2, 0) is 10.9 Å². The maximum absolute atomic E-state index is 13.4. The molecule has 0 aliphatic rings. The van der Waals surface area contributed by atoms with Crippen LogP contribution in [0, 0.1) is 0 Å². The molecule has 11 nitrogen and oxygen atoms in total. The summed E-state index contributed by atoms with van der Waals surface area (Å²) in [5, 5.41) is 12.3. The zero-order chi connectivity index (χ0) is 26.3. The summed E-state index contributed by atoms with van der Waals surface area (Å²) in [6.45, 7) is 0.0768. The van der Waals surface area contributed by atoms with Crippen LogP contribution in [0.5, 0.6) is 17.4 Å². The Balaban J connectivity index is 1.37. The number of nitrogens with one attached hydrogen (secondary N) is 2. The van der Waals surface area contributed by atoms with Crippen LogP contribution in [0.4, 0.5) is 29.3 Å². The van der Waals surface area contributed by atoms with E-state index >= 15 is 0 Å². The van der Waals surface area contributed by atoms with Gasteiger partial charge in [0, 0.05) is 24.6 Å². The second kappa shape index (κ2) is 11.3. The number of amides is 2. The number of ether oxygens (including phenoxy) is 3. The number of carbonyl (C=O) groups is 1. The number of carbonyl (C=O) groups excluding carboxylic acids is 1. The first-order chi connectivity index (χ1) is 17.8. The van der Waals surface area contributed by atoms with Gasteiger partial charge in [0.15, 0.2) is 0 Å². The Kier molecular flexibility index (Phi) is 7.78. The minimum Gasteiger partial charge on any atom is -0.491 e. The highest BCUT2D eigenvalue weighted by atomic mass is 19.4. The maximum Gasteiger partial charge on any atom is 0.420 e. The monoisotopic (exact) mass is 516 g/mol. The van der Waals surface area contributed by atoms with Crippen LogP contribution in [0.3, 0.4) is 0 Å². The van der Waals surface area contributed by atoms with E-state index in [1.54, 1.807) is 24.3 Å². The van der Waals surface area contributed by atoms with Gasteiger partial charge < -0.3 is 29.3 Å². The molecule has 0 fully saturated rings. The Morgan fingerprint density at radius 3 is 2.46 bits per heavy atom. The van der Waals surface area contributed by atoms with Crippen molar-refractivity contribution < 1.29 is 36.6 Å². The second-order valence-electron chi connectivity index (χ2n) is 7.24. The maximum atomic E-state index is 13.4. The predicted octanol–water partition coefficient (Wildman–Crippen LogP) is 5.01. The van der Waals surface area contributed by atoms with Crippen LogP contribution in [0.15, 0.2) is 65.7 Å². The van der Waals surface area contributed by atoms with Gasteiger partial charge in [0.1, 0.15) is 30.1 Å². The van der Waals surface area contributed by atoms with Gasteiger partial charge in [0.25, 0.3) is 5.89 Å². The van der Waals surface area contributed by atoms with Gasteiger partial charge >= 0.3 is 12.2 Å². The Morgan fingerprint density at radius 1 is 1.00 bits per heavy atom. The fourth-order valence-corrected chi connectivity index (χ4v) is 3.01. The zero-order valence-corrected chi connectivity index (χ0v) is 19.2. The fourth-order valence-electron chi connectivity index (χ4n) is 3.01. The first kappa shape index (κ1) is 25.4. The normalized spacial score (nSPS) is 11.1. The van der Waals surface area contributed by atoms with Crippen LogP contribution >= 0.6 is 0 Å². The lowest BCUT2D eigenvalue weighted by molar-refractivity contribution is -0.139. The van der Waals surface area contributed by atoms with Crippen molar-refractivity contribution in [3.63, 3.8) is 0 Å². The summed E-state index contributed by atoms with van der Waals surface area (Å²) < 4.78 is 61.0. The fraction of sp³-hybridized carbons (Fsp3) is 0.174. The van der Waals surface area contributed by atoms with E-state index in [1.165, 1.54) is 32.0 Å². The van der Waals surface area contributed by atoms with Gasteiger partial charge in [0.05, 0.1) is 12.2 Å². The molecular weight excluding hydrogens is 497 g/mol. The molecule has 2 heterocycles. The van der Waals surface area contributed by atoms with Gasteiger partial charge in [-0.15, -0.1) is 10.2 Å². The molecule has 0 spiro atoms. The van der Waals surface area contributed by atoms with Crippen molar-refractivity contribution in [3.05, 3.63) is 66.8 Å². The van der Waals surface area contributed by atoms with E-state index in [1.807, 2.05) is 0 Å². The zero-order valence-electron chi connectivity index (χ0n) is 19.2. The smallest absolute Gasteiger partial charge is 0.420 e. The lowest BCUT2D eigenvalue weighted by Gasteiger charge is -2.16. The lowest BCUT2D eigenvalue weighted by atomic mass is 10.1. The molecule has 192 valence electrons. The predicted molar refractivity (Wildman–Crippen MR) is 123 cm³/mol. The number of hydrogen-bond acceptors (Lipinski definition) is 9. The summed E-state index contributed by atoms with van der Waals surface area (Å²) in [5.74, 6) is 0.462. The molecule has 0 aliphatic heterocycles. The molecule has 2 aromatic carbocycles. The number of nitrogens with zero attached hydrogens (tertiary/aromatic N) is 4. The molecule has 2 N–H and O–H groups in total. The summed E-state index contributed by atoms with van der Waals surface area (Å²) >= 11 is 0. The minimum atomic E-state index is -4.68. The average Bonchev–Trinajstić information content (AvgIpc) is 3.41. The minimum absolute atomic E-state index is 0.0520. The summed E-state index contributed by atoms with van der Waals surface area (Å²) in [7, 11) is 1.41. The van der Waals surface area contributed by atoms with E-state index in [9.17, 15) is 18.0 Å². The molecule has 0 saturated carbocycles. The van der Waals surface area contributed by atoms with Crippen molar-refractivity contribution in [3.8, 4) is 29.0 Å². The van der Waals surface area contributed by atoms with Crippen LogP contribution in [-0.4, -0.2) is 46.5 Å². The van der Waals surface area contributed by atoms with Crippen molar-refractivity contribution in [1.82, 2.24) is 20.2 Å². The highest BCUT2D eigenvalue weighted by molar-refractivity contribution is 5.99. The van der Waals surface area contributed by atoms with Crippen LogP contribution in [0.2, 0.25) is 0 Å². The van der Waals surface area contributed by atoms with Crippen LogP contribution in [0.25, 0.3) is 11.6 Å². The second-order valence-corrected chi connectivity index (χ2v) is 7.24. The van der Waals surface area contributed by atoms with Crippen molar-refractivity contribution in [2.45, 2.75) is 6.18 Å². The number of halogens is 3. The van der Waals surface area contributed by atoms with E-state index in [0.717, 1.165) is 12.1 Å². The highest BCUT2D eigenvalue weighted by Crippen LogP contribution is 2.38. The molecule has 14 heteroatoms.